The van der Waals surface area contributed by atoms with Gasteiger partial charge < -0.3 is 5.73 Å². The highest BCUT2D eigenvalue weighted by Gasteiger charge is 2.22. The quantitative estimate of drug-likeness (QED) is 0.845. The van der Waals surface area contributed by atoms with Crippen molar-refractivity contribution in [3.05, 3.63) is 29.6 Å². The van der Waals surface area contributed by atoms with Crippen LogP contribution >= 0.6 is 11.3 Å². The lowest BCUT2D eigenvalue weighted by atomic mass is 10.0. The molecule has 0 atom stereocenters. The Morgan fingerprint density at radius 2 is 1.86 bits per heavy atom. The summed E-state index contributed by atoms with van der Waals surface area (Å²) in [6.45, 7) is 5.65. The van der Waals surface area contributed by atoms with Gasteiger partial charge in [0.15, 0.2) is 5.13 Å². The van der Waals surface area contributed by atoms with Crippen molar-refractivity contribution < 1.29 is 8.42 Å². The van der Waals surface area contributed by atoms with Gasteiger partial charge in [0.1, 0.15) is 0 Å². The molecule has 1 aromatic carbocycles. The van der Waals surface area contributed by atoms with E-state index < -0.39 is 10.0 Å². The van der Waals surface area contributed by atoms with Crippen molar-refractivity contribution >= 4 is 32.2 Å². The Kier molecular flexibility index (Phi) is 4.25. The zero-order chi connectivity index (χ0) is 15.7. The molecule has 0 bridgehead atoms. The van der Waals surface area contributed by atoms with Crippen molar-refractivity contribution in [3.8, 4) is 11.3 Å². The standard InChI is InChI=1S/C14H19N3O2S2/c1-14(2,3)9-21(18,19)17-13-16-12(8-20-13)10-4-6-11(15)7-5-10/h4-8H,9,15H2,1-3H3,(H,16,17). The van der Waals surface area contributed by atoms with E-state index in [-0.39, 0.29) is 11.2 Å². The van der Waals surface area contributed by atoms with Crippen molar-refractivity contribution in [1.82, 2.24) is 4.98 Å². The van der Waals surface area contributed by atoms with Gasteiger partial charge in [0.2, 0.25) is 10.0 Å². The molecular weight excluding hydrogens is 306 g/mol. The van der Waals surface area contributed by atoms with Crippen LogP contribution in [0.2, 0.25) is 0 Å². The van der Waals surface area contributed by atoms with Crippen LogP contribution in [0.4, 0.5) is 10.8 Å². The second kappa shape index (κ2) is 5.65. The average Bonchev–Trinajstić information content (AvgIpc) is 2.74. The molecule has 0 saturated carbocycles. The van der Waals surface area contributed by atoms with Gasteiger partial charge in [0.05, 0.1) is 11.4 Å². The first-order valence-corrected chi connectivity index (χ1v) is 9.00. The second-order valence-corrected chi connectivity index (χ2v) is 8.66. The molecule has 0 aliphatic rings. The summed E-state index contributed by atoms with van der Waals surface area (Å²) in [7, 11) is -3.39. The molecule has 21 heavy (non-hydrogen) atoms. The van der Waals surface area contributed by atoms with Crippen LogP contribution in [0.5, 0.6) is 0 Å². The molecule has 0 aliphatic heterocycles. The molecule has 0 fully saturated rings. The fourth-order valence-electron chi connectivity index (χ4n) is 1.85. The maximum atomic E-state index is 12.0. The molecule has 2 rings (SSSR count). The van der Waals surface area contributed by atoms with Crippen molar-refractivity contribution in [2.45, 2.75) is 20.8 Å². The molecule has 1 heterocycles. The highest BCUT2D eigenvalue weighted by Crippen LogP contribution is 2.27. The Morgan fingerprint density at radius 1 is 1.24 bits per heavy atom. The SMILES string of the molecule is CC(C)(C)CS(=O)(=O)Nc1nc(-c2ccc(N)cc2)cs1. The third kappa shape index (κ3) is 4.71. The highest BCUT2D eigenvalue weighted by atomic mass is 32.2. The molecular formula is C14H19N3O2S2. The molecule has 0 unspecified atom stereocenters. The molecule has 0 aliphatic carbocycles. The van der Waals surface area contributed by atoms with E-state index in [0.29, 0.717) is 10.8 Å². The minimum absolute atomic E-state index is 0.0524. The summed E-state index contributed by atoms with van der Waals surface area (Å²) in [5.41, 5.74) is 7.65. The topological polar surface area (TPSA) is 85.1 Å². The number of sulfonamides is 1. The maximum absolute atomic E-state index is 12.0. The molecule has 3 N–H and O–H groups in total. The lowest BCUT2D eigenvalue weighted by Crippen LogP contribution is -2.26. The van der Waals surface area contributed by atoms with Gasteiger partial charge in [-0.2, -0.15) is 0 Å². The van der Waals surface area contributed by atoms with Crippen molar-refractivity contribution in [2.75, 3.05) is 16.2 Å². The minimum Gasteiger partial charge on any atom is -0.399 e. The van der Waals surface area contributed by atoms with Crippen molar-refractivity contribution in [3.63, 3.8) is 0 Å². The van der Waals surface area contributed by atoms with Crippen LogP contribution in [-0.2, 0) is 10.0 Å². The lowest BCUT2D eigenvalue weighted by molar-refractivity contribution is 0.463. The smallest absolute Gasteiger partial charge is 0.235 e. The van der Waals surface area contributed by atoms with E-state index >= 15 is 0 Å². The van der Waals surface area contributed by atoms with Gasteiger partial charge in [0, 0.05) is 16.6 Å². The molecule has 2 aromatic rings. The average molecular weight is 325 g/mol. The Labute approximate surface area is 129 Å². The van der Waals surface area contributed by atoms with Gasteiger partial charge in [-0.05, 0) is 17.5 Å². The van der Waals surface area contributed by atoms with Crippen molar-refractivity contribution in [2.24, 2.45) is 5.41 Å². The van der Waals surface area contributed by atoms with Gasteiger partial charge >= 0.3 is 0 Å². The van der Waals surface area contributed by atoms with Crippen LogP contribution in [0.15, 0.2) is 29.6 Å². The number of anilines is 2. The minimum atomic E-state index is -3.39. The third-order valence-corrected chi connectivity index (χ3v) is 5.21. The van der Waals surface area contributed by atoms with E-state index in [4.69, 9.17) is 5.73 Å². The Balaban J connectivity index is 2.15. The van der Waals surface area contributed by atoms with E-state index in [0.717, 1.165) is 11.3 Å². The zero-order valence-electron chi connectivity index (χ0n) is 12.3. The number of thiazole rings is 1. The summed E-state index contributed by atoms with van der Waals surface area (Å²) < 4.78 is 26.6. The number of nitrogens with zero attached hydrogens (tertiary/aromatic N) is 1. The highest BCUT2D eigenvalue weighted by molar-refractivity contribution is 7.92. The zero-order valence-corrected chi connectivity index (χ0v) is 13.9. The normalized spacial score (nSPS) is 12.3. The van der Waals surface area contributed by atoms with E-state index in [1.807, 2.05) is 38.3 Å². The number of hydrogen-bond acceptors (Lipinski definition) is 5. The van der Waals surface area contributed by atoms with Gasteiger partial charge in [0.25, 0.3) is 0 Å². The molecule has 0 saturated heterocycles. The second-order valence-electron chi connectivity index (χ2n) is 6.08. The molecule has 0 radical (unpaired) electrons. The number of nitrogens with one attached hydrogen (secondary N) is 1. The molecule has 5 nitrogen and oxygen atoms in total. The summed E-state index contributed by atoms with van der Waals surface area (Å²) in [6, 6.07) is 7.30. The van der Waals surface area contributed by atoms with Crippen LogP contribution in [0, 0.1) is 5.41 Å². The Hall–Kier alpha value is -1.60. The van der Waals surface area contributed by atoms with Gasteiger partial charge in [-0.3, -0.25) is 4.72 Å². The van der Waals surface area contributed by atoms with E-state index in [1.165, 1.54) is 11.3 Å². The Morgan fingerprint density at radius 3 is 2.43 bits per heavy atom. The lowest BCUT2D eigenvalue weighted by Gasteiger charge is -2.17. The number of rotatable bonds is 4. The number of benzene rings is 1. The van der Waals surface area contributed by atoms with E-state index in [1.54, 1.807) is 12.1 Å². The third-order valence-electron chi connectivity index (χ3n) is 2.58. The van der Waals surface area contributed by atoms with Gasteiger partial charge in [-0.15, -0.1) is 11.3 Å². The maximum Gasteiger partial charge on any atom is 0.235 e. The molecule has 0 spiro atoms. The van der Waals surface area contributed by atoms with Crippen LogP contribution in [0.3, 0.4) is 0 Å². The largest absolute Gasteiger partial charge is 0.399 e. The molecule has 0 amide bonds. The van der Waals surface area contributed by atoms with Crippen LogP contribution < -0.4 is 10.5 Å². The fraction of sp³-hybridized carbons (Fsp3) is 0.357. The van der Waals surface area contributed by atoms with E-state index in [9.17, 15) is 8.42 Å². The summed E-state index contributed by atoms with van der Waals surface area (Å²) >= 11 is 1.27. The number of aromatic nitrogens is 1. The number of hydrogen-bond donors (Lipinski definition) is 2. The molecule has 114 valence electrons. The summed E-state index contributed by atoms with van der Waals surface area (Å²) in [6.07, 6.45) is 0. The van der Waals surface area contributed by atoms with Gasteiger partial charge in [-0.25, -0.2) is 13.4 Å². The summed E-state index contributed by atoms with van der Waals surface area (Å²) in [4.78, 5) is 4.31. The number of nitrogens with two attached hydrogens (primary N) is 1. The first-order chi connectivity index (χ1) is 9.65. The number of nitrogen functional groups attached to an aromatic ring is 1. The Bertz CT molecular complexity index is 713. The van der Waals surface area contributed by atoms with Crippen molar-refractivity contribution in [1.29, 1.82) is 0 Å². The first kappa shape index (κ1) is 15.8. The summed E-state index contributed by atoms with van der Waals surface area (Å²) in [5.74, 6) is 0.0524. The van der Waals surface area contributed by atoms with Crippen LogP contribution in [0.25, 0.3) is 11.3 Å². The molecule has 1 aromatic heterocycles. The fourth-order valence-corrected chi connectivity index (χ4v) is 4.51. The monoisotopic (exact) mass is 325 g/mol. The summed E-state index contributed by atoms with van der Waals surface area (Å²) in [5, 5.41) is 2.20. The van der Waals surface area contributed by atoms with Gasteiger partial charge in [-0.1, -0.05) is 32.9 Å². The predicted octanol–water partition coefficient (Wildman–Crippen LogP) is 3.18. The van der Waals surface area contributed by atoms with Crippen LogP contribution in [0.1, 0.15) is 20.8 Å². The molecule has 7 heteroatoms. The van der Waals surface area contributed by atoms with E-state index in [2.05, 4.69) is 9.71 Å². The van der Waals surface area contributed by atoms with Crippen LogP contribution in [-0.4, -0.2) is 19.2 Å². The first-order valence-electron chi connectivity index (χ1n) is 6.47. The predicted molar refractivity (Wildman–Crippen MR) is 88.8 cm³/mol.